The summed E-state index contributed by atoms with van der Waals surface area (Å²) in [5.41, 5.74) is 0.391. The third-order valence-electron chi connectivity index (χ3n) is 3.85. The van der Waals surface area contributed by atoms with E-state index in [-0.39, 0.29) is 0 Å². The molecule has 7 heteroatoms. The van der Waals surface area contributed by atoms with Crippen LogP contribution < -0.4 is 5.32 Å². The second kappa shape index (κ2) is 6.09. The van der Waals surface area contributed by atoms with E-state index in [1.54, 1.807) is 18.4 Å². The van der Waals surface area contributed by atoms with E-state index in [9.17, 15) is 8.42 Å². The third-order valence-corrected chi connectivity index (χ3v) is 6.66. The molecule has 1 N–H and O–H groups in total. The maximum Gasteiger partial charge on any atom is 0.152 e. The van der Waals surface area contributed by atoms with Gasteiger partial charge in [-0.3, -0.25) is 0 Å². The molecule has 1 heterocycles. The van der Waals surface area contributed by atoms with Gasteiger partial charge >= 0.3 is 0 Å². The van der Waals surface area contributed by atoms with Crippen LogP contribution in [0.5, 0.6) is 0 Å². The second-order valence-corrected chi connectivity index (χ2v) is 8.48. The van der Waals surface area contributed by atoms with Gasteiger partial charge in [-0.15, -0.1) is 11.3 Å². The van der Waals surface area contributed by atoms with E-state index in [4.69, 9.17) is 4.74 Å². The van der Waals surface area contributed by atoms with Gasteiger partial charge in [-0.2, -0.15) is 0 Å². The molecular formula is C13H22N2O3S2. The average molecular weight is 318 g/mol. The van der Waals surface area contributed by atoms with Crippen LogP contribution in [0.1, 0.15) is 30.0 Å². The van der Waals surface area contributed by atoms with Gasteiger partial charge in [0.1, 0.15) is 5.01 Å². The Hall–Kier alpha value is -0.500. The Morgan fingerprint density at radius 3 is 2.90 bits per heavy atom. The number of hydrogen-bond donors (Lipinski definition) is 1. The van der Waals surface area contributed by atoms with Crippen molar-refractivity contribution in [2.45, 2.75) is 37.0 Å². The summed E-state index contributed by atoms with van der Waals surface area (Å²) in [4.78, 5) is 4.56. The molecule has 114 valence electrons. The molecular weight excluding hydrogens is 296 g/mol. The molecule has 0 spiro atoms. The topological polar surface area (TPSA) is 68.3 Å². The molecule has 0 saturated heterocycles. The smallest absolute Gasteiger partial charge is 0.152 e. The molecule has 2 atom stereocenters. The largest absolute Gasteiger partial charge is 0.383 e. The Labute approximate surface area is 124 Å². The molecule has 5 nitrogen and oxygen atoms in total. The summed E-state index contributed by atoms with van der Waals surface area (Å²) in [6.07, 6.45) is 3.73. The van der Waals surface area contributed by atoms with Crippen molar-refractivity contribution >= 4 is 21.2 Å². The average Bonchev–Trinajstić information content (AvgIpc) is 2.96. The monoisotopic (exact) mass is 318 g/mol. The number of methoxy groups -OCH3 is 1. The summed E-state index contributed by atoms with van der Waals surface area (Å²) in [6.45, 7) is 3.12. The molecule has 1 aliphatic rings. The molecule has 2 unspecified atom stereocenters. The van der Waals surface area contributed by atoms with Crippen LogP contribution >= 0.6 is 11.3 Å². The van der Waals surface area contributed by atoms with E-state index in [2.05, 4.69) is 10.3 Å². The lowest BCUT2D eigenvalue weighted by Gasteiger charge is -2.34. The van der Waals surface area contributed by atoms with Crippen LogP contribution in [0.2, 0.25) is 0 Å². The molecule has 0 radical (unpaired) electrons. The van der Waals surface area contributed by atoms with Gasteiger partial charge in [0.2, 0.25) is 0 Å². The minimum atomic E-state index is -3.12. The van der Waals surface area contributed by atoms with E-state index in [1.807, 2.05) is 12.3 Å². The third kappa shape index (κ3) is 3.05. The molecule has 1 aliphatic carbocycles. The van der Waals surface area contributed by atoms with Crippen LogP contribution in [0, 0.1) is 6.92 Å². The molecule has 0 aliphatic heterocycles. The lowest BCUT2D eigenvalue weighted by Crippen LogP contribution is -2.52. The number of hydrogen-bond acceptors (Lipinski definition) is 6. The van der Waals surface area contributed by atoms with Crippen LogP contribution in [-0.4, -0.2) is 45.2 Å². The highest BCUT2D eigenvalue weighted by Crippen LogP contribution is 2.43. The molecule has 0 amide bonds. The van der Waals surface area contributed by atoms with E-state index in [1.165, 1.54) is 6.26 Å². The molecule has 20 heavy (non-hydrogen) atoms. The van der Waals surface area contributed by atoms with Crippen molar-refractivity contribution in [2.75, 3.05) is 26.5 Å². The fraction of sp³-hybridized carbons (Fsp3) is 0.769. The van der Waals surface area contributed by atoms with Gasteiger partial charge in [0.15, 0.2) is 9.84 Å². The highest BCUT2D eigenvalue weighted by molar-refractivity contribution is 7.91. The fourth-order valence-corrected chi connectivity index (χ4v) is 5.78. The summed E-state index contributed by atoms with van der Waals surface area (Å²) in [5, 5.41) is 5.89. The number of sulfone groups is 1. The van der Waals surface area contributed by atoms with Crippen molar-refractivity contribution < 1.29 is 13.2 Å². The maximum atomic E-state index is 12.2. The van der Waals surface area contributed by atoms with Crippen molar-refractivity contribution in [3.05, 3.63) is 16.1 Å². The molecule has 2 rings (SSSR count). The van der Waals surface area contributed by atoms with Crippen LogP contribution in [0.3, 0.4) is 0 Å². The first-order chi connectivity index (χ1) is 9.40. The number of nitrogens with zero attached hydrogens (tertiary/aromatic N) is 1. The highest BCUT2D eigenvalue weighted by atomic mass is 32.2. The number of rotatable bonds is 6. The second-order valence-electron chi connectivity index (χ2n) is 5.40. The summed E-state index contributed by atoms with van der Waals surface area (Å²) in [7, 11) is -1.48. The van der Waals surface area contributed by atoms with Crippen molar-refractivity contribution in [3.8, 4) is 0 Å². The van der Waals surface area contributed by atoms with E-state index < -0.39 is 20.6 Å². The van der Waals surface area contributed by atoms with E-state index in [0.717, 1.165) is 23.5 Å². The number of aryl methyl sites for hydroxylation is 1. The lowest BCUT2D eigenvalue weighted by atomic mass is 9.98. The SMILES string of the molecule is COCCNC1(c2nc(C)cs2)CCCC1S(C)(=O)=O. The molecule has 0 bridgehead atoms. The van der Waals surface area contributed by atoms with Gasteiger partial charge in [-0.05, 0) is 26.2 Å². The number of nitrogens with one attached hydrogen (secondary N) is 1. The Morgan fingerprint density at radius 1 is 1.60 bits per heavy atom. The molecule has 1 aromatic rings. The predicted molar refractivity (Wildman–Crippen MR) is 80.9 cm³/mol. The van der Waals surface area contributed by atoms with E-state index in [0.29, 0.717) is 19.6 Å². The predicted octanol–water partition coefficient (Wildman–Crippen LogP) is 1.48. The standard InChI is InChI=1S/C13H22N2O3S2/c1-10-9-19-12(15-10)13(14-7-8-18-2)6-4-5-11(13)20(3,16)17/h9,11,14H,4-8H2,1-3H3. The Bertz CT molecular complexity index is 556. The van der Waals surface area contributed by atoms with Gasteiger partial charge in [-0.1, -0.05) is 0 Å². The summed E-state index contributed by atoms with van der Waals surface area (Å²) in [5.74, 6) is 0. The first-order valence-electron chi connectivity index (χ1n) is 6.75. The Morgan fingerprint density at radius 2 is 2.35 bits per heavy atom. The van der Waals surface area contributed by atoms with Gasteiger partial charge < -0.3 is 10.1 Å². The number of thiazole rings is 1. The summed E-state index contributed by atoms with van der Waals surface area (Å²) < 4.78 is 29.4. The molecule has 1 aromatic heterocycles. The van der Waals surface area contributed by atoms with Crippen LogP contribution in [0.15, 0.2) is 5.38 Å². The van der Waals surface area contributed by atoms with Crippen molar-refractivity contribution in [1.29, 1.82) is 0 Å². The van der Waals surface area contributed by atoms with Gasteiger partial charge in [0.05, 0.1) is 17.4 Å². The Kier molecular flexibility index (Phi) is 4.84. The zero-order valence-corrected chi connectivity index (χ0v) is 13.8. The molecule has 1 fully saturated rings. The minimum absolute atomic E-state index is 0.405. The summed E-state index contributed by atoms with van der Waals surface area (Å²) >= 11 is 1.54. The molecule has 0 aromatic carbocycles. The minimum Gasteiger partial charge on any atom is -0.383 e. The zero-order valence-electron chi connectivity index (χ0n) is 12.2. The maximum absolute atomic E-state index is 12.2. The zero-order chi connectivity index (χ0) is 14.8. The number of ether oxygens (including phenoxy) is 1. The van der Waals surface area contributed by atoms with Gasteiger partial charge in [-0.25, -0.2) is 13.4 Å². The van der Waals surface area contributed by atoms with Crippen molar-refractivity contribution in [1.82, 2.24) is 10.3 Å². The van der Waals surface area contributed by atoms with Crippen molar-refractivity contribution in [2.24, 2.45) is 0 Å². The van der Waals surface area contributed by atoms with Gasteiger partial charge in [0.25, 0.3) is 0 Å². The highest BCUT2D eigenvalue weighted by Gasteiger charge is 2.50. The van der Waals surface area contributed by atoms with Crippen molar-refractivity contribution in [3.63, 3.8) is 0 Å². The lowest BCUT2D eigenvalue weighted by molar-refractivity contribution is 0.184. The van der Waals surface area contributed by atoms with Crippen LogP contribution in [0.4, 0.5) is 0 Å². The van der Waals surface area contributed by atoms with Crippen LogP contribution in [0.25, 0.3) is 0 Å². The first kappa shape index (κ1) is 15.9. The van der Waals surface area contributed by atoms with Crippen LogP contribution in [-0.2, 0) is 20.1 Å². The quantitative estimate of drug-likeness (QED) is 0.805. The number of aromatic nitrogens is 1. The normalized spacial score (nSPS) is 27.1. The van der Waals surface area contributed by atoms with Gasteiger partial charge in [0, 0.05) is 31.0 Å². The Balaban J connectivity index is 2.38. The van der Waals surface area contributed by atoms with E-state index >= 15 is 0 Å². The summed E-state index contributed by atoms with van der Waals surface area (Å²) in [6, 6.07) is 0. The fourth-order valence-electron chi connectivity index (χ4n) is 3.01. The first-order valence-corrected chi connectivity index (χ1v) is 9.59. The molecule has 1 saturated carbocycles.